The van der Waals surface area contributed by atoms with Crippen LogP contribution in [0.25, 0.3) is 0 Å². The SMILES string of the molecule is CCCCCCCCN=C(NC#N)Oc1ccccc1. The summed E-state index contributed by atoms with van der Waals surface area (Å²) in [6.45, 7) is 2.90. The highest BCUT2D eigenvalue weighted by molar-refractivity contribution is 5.77. The van der Waals surface area contributed by atoms with Gasteiger partial charge in [-0.3, -0.25) is 0 Å². The molecule has 0 aliphatic rings. The Morgan fingerprint density at radius 1 is 1.15 bits per heavy atom. The molecule has 4 heteroatoms. The van der Waals surface area contributed by atoms with Crippen LogP contribution in [0, 0.1) is 11.5 Å². The van der Waals surface area contributed by atoms with E-state index in [0.29, 0.717) is 12.3 Å². The number of aliphatic imine (C=N–C) groups is 1. The van der Waals surface area contributed by atoms with Gasteiger partial charge >= 0.3 is 6.02 Å². The topological polar surface area (TPSA) is 57.4 Å². The third-order valence-corrected chi connectivity index (χ3v) is 2.89. The van der Waals surface area contributed by atoms with E-state index < -0.39 is 0 Å². The highest BCUT2D eigenvalue weighted by atomic mass is 16.5. The highest BCUT2D eigenvalue weighted by Crippen LogP contribution is 2.09. The van der Waals surface area contributed by atoms with Crippen LogP contribution in [-0.2, 0) is 0 Å². The quantitative estimate of drug-likeness (QED) is 0.257. The monoisotopic (exact) mass is 273 g/mol. The second-order valence-corrected chi connectivity index (χ2v) is 4.61. The summed E-state index contributed by atoms with van der Waals surface area (Å²) < 4.78 is 5.52. The fourth-order valence-electron chi connectivity index (χ4n) is 1.82. The smallest absolute Gasteiger partial charge is 0.303 e. The van der Waals surface area contributed by atoms with E-state index in [-0.39, 0.29) is 6.02 Å². The number of unbranched alkanes of at least 4 members (excludes halogenated alkanes) is 5. The largest absolute Gasteiger partial charge is 0.425 e. The standard InChI is InChI=1S/C16H23N3O/c1-2-3-4-5-6-10-13-18-16(19-14-17)20-15-11-8-7-9-12-15/h7-9,11-12H,2-6,10,13H2,1H3,(H,18,19). The van der Waals surface area contributed by atoms with Crippen LogP contribution in [0.15, 0.2) is 35.3 Å². The Balaban J connectivity index is 2.30. The maximum absolute atomic E-state index is 8.69. The van der Waals surface area contributed by atoms with Gasteiger partial charge in [-0.2, -0.15) is 5.26 Å². The number of hydrogen-bond donors (Lipinski definition) is 1. The molecule has 0 aromatic heterocycles. The van der Waals surface area contributed by atoms with Crippen molar-refractivity contribution in [2.45, 2.75) is 45.4 Å². The summed E-state index contributed by atoms with van der Waals surface area (Å²) in [7, 11) is 0. The van der Waals surface area contributed by atoms with Gasteiger partial charge in [-0.15, -0.1) is 0 Å². The number of rotatable bonds is 8. The Kier molecular flexibility index (Phi) is 8.71. The van der Waals surface area contributed by atoms with Gasteiger partial charge in [-0.05, 0) is 18.6 Å². The molecular formula is C16H23N3O. The maximum Gasteiger partial charge on any atom is 0.303 e. The van der Waals surface area contributed by atoms with Crippen LogP contribution in [0.3, 0.4) is 0 Å². The summed E-state index contributed by atoms with van der Waals surface area (Å²) in [5, 5.41) is 11.2. The summed E-state index contributed by atoms with van der Waals surface area (Å²) in [5.41, 5.74) is 0. The van der Waals surface area contributed by atoms with Crippen molar-refractivity contribution in [3.63, 3.8) is 0 Å². The minimum atomic E-state index is 0.271. The Morgan fingerprint density at radius 3 is 2.55 bits per heavy atom. The number of nitrogens with zero attached hydrogens (tertiary/aromatic N) is 2. The molecule has 1 aromatic rings. The number of benzene rings is 1. The molecule has 1 N–H and O–H groups in total. The van der Waals surface area contributed by atoms with Crippen molar-refractivity contribution < 1.29 is 4.74 Å². The molecule has 0 saturated carbocycles. The van der Waals surface area contributed by atoms with Crippen LogP contribution in [-0.4, -0.2) is 12.6 Å². The van der Waals surface area contributed by atoms with E-state index in [4.69, 9.17) is 10.00 Å². The lowest BCUT2D eigenvalue weighted by Crippen LogP contribution is -2.24. The molecule has 0 bridgehead atoms. The van der Waals surface area contributed by atoms with Crippen molar-refractivity contribution in [1.82, 2.24) is 5.32 Å². The molecule has 0 heterocycles. The molecule has 0 spiro atoms. The number of para-hydroxylation sites is 1. The van der Waals surface area contributed by atoms with Gasteiger partial charge in [-0.1, -0.05) is 57.2 Å². The lowest BCUT2D eigenvalue weighted by molar-refractivity contribution is 0.523. The lowest BCUT2D eigenvalue weighted by atomic mass is 10.1. The molecule has 20 heavy (non-hydrogen) atoms. The predicted octanol–water partition coefficient (Wildman–Crippen LogP) is 3.85. The van der Waals surface area contributed by atoms with E-state index in [9.17, 15) is 0 Å². The van der Waals surface area contributed by atoms with E-state index in [1.807, 2.05) is 36.5 Å². The molecule has 0 radical (unpaired) electrons. The Hall–Kier alpha value is -2.02. The number of nitrogens with one attached hydrogen (secondary N) is 1. The molecule has 0 saturated heterocycles. The number of nitriles is 1. The van der Waals surface area contributed by atoms with Gasteiger partial charge in [0.15, 0.2) is 6.19 Å². The van der Waals surface area contributed by atoms with Gasteiger partial charge in [0.25, 0.3) is 0 Å². The van der Waals surface area contributed by atoms with Crippen molar-refractivity contribution in [2.75, 3.05) is 6.54 Å². The van der Waals surface area contributed by atoms with Crippen LogP contribution in [0.2, 0.25) is 0 Å². The Labute approximate surface area is 121 Å². The van der Waals surface area contributed by atoms with Crippen molar-refractivity contribution in [3.05, 3.63) is 30.3 Å². The molecule has 108 valence electrons. The van der Waals surface area contributed by atoms with Gasteiger partial charge in [-0.25, -0.2) is 10.3 Å². The third kappa shape index (κ3) is 7.42. The number of hydrogen-bond acceptors (Lipinski definition) is 3. The van der Waals surface area contributed by atoms with Gasteiger partial charge in [0, 0.05) is 6.54 Å². The predicted molar refractivity (Wildman–Crippen MR) is 81.5 cm³/mol. The first-order chi connectivity index (χ1) is 9.86. The van der Waals surface area contributed by atoms with Gasteiger partial charge in [0.05, 0.1) is 0 Å². The van der Waals surface area contributed by atoms with Crippen molar-refractivity contribution >= 4 is 6.02 Å². The molecule has 0 amide bonds. The van der Waals surface area contributed by atoms with Crippen molar-refractivity contribution in [1.29, 1.82) is 5.26 Å². The molecule has 4 nitrogen and oxygen atoms in total. The van der Waals surface area contributed by atoms with Crippen LogP contribution >= 0.6 is 0 Å². The van der Waals surface area contributed by atoms with E-state index >= 15 is 0 Å². The number of ether oxygens (including phenoxy) is 1. The highest BCUT2D eigenvalue weighted by Gasteiger charge is 2.00. The minimum absolute atomic E-state index is 0.271. The minimum Gasteiger partial charge on any atom is -0.425 e. The summed E-state index contributed by atoms with van der Waals surface area (Å²) in [4.78, 5) is 4.29. The summed E-state index contributed by atoms with van der Waals surface area (Å²) >= 11 is 0. The van der Waals surface area contributed by atoms with Gasteiger partial charge in [0.2, 0.25) is 0 Å². The van der Waals surface area contributed by atoms with Crippen LogP contribution in [0.1, 0.15) is 45.4 Å². The fraction of sp³-hybridized carbons (Fsp3) is 0.500. The molecule has 1 aromatic carbocycles. The second kappa shape index (κ2) is 10.9. The molecule has 1 rings (SSSR count). The molecule has 0 aliphatic carbocycles. The normalized spacial score (nSPS) is 10.9. The maximum atomic E-state index is 8.69. The Morgan fingerprint density at radius 2 is 1.85 bits per heavy atom. The van der Waals surface area contributed by atoms with E-state index in [1.54, 1.807) is 0 Å². The second-order valence-electron chi connectivity index (χ2n) is 4.61. The zero-order valence-electron chi connectivity index (χ0n) is 12.1. The third-order valence-electron chi connectivity index (χ3n) is 2.89. The molecular weight excluding hydrogens is 250 g/mol. The van der Waals surface area contributed by atoms with E-state index in [2.05, 4.69) is 17.2 Å². The molecule has 0 aliphatic heterocycles. The summed E-state index contributed by atoms with van der Waals surface area (Å²) in [5.74, 6) is 0.678. The zero-order valence-corrected chi connectivity index (χ0v) is 12.1. The first-order valence-corrected chi connectivity index (χ1v) is 7.29. The molecule has 0 atom stereocenters. The average Bonchev–Trinajstić information content (AvgIpc) is 2.47. The van der Waals surface area contributed by atoms with Crippen molar-refractivity contribution in [3.8, 4) is 11.9 Å². The zero-order chi connectivity index (χ0) is 14.5. The van der Waals surface area contributed by atoms with Crippen LogP contribution in [0.4, 0.5) is 0 Å². The fourth-order valence-corrected chi connectivity index (χ4v) is 1.82. The van der Waals surface area contributed by atoms with Gasteiger partial charge < -0.3 is 4.74 Å². The van der Waals surface area contributed by atoms with E-state index in [0.717, 1.165) is 6.42 Å². The first kappa shape index (κ1) is 16.0. The summed E-state index contributed by atoms with van der Waals surface area (Å²) in [6, 6.07) is 9.61. The van der Waals surface area contributed by atoms with Crippen LogP contribution < -0.4 is 10.1 Å². The molecule has 0 unspecified atom stereocenters. The lowest BCUT2D eigenvalue weighted by Gasteiger charge is -2.06. The van der Waals surface area contributed by atoms with Crippen molar-refractivity contribution in [2.24, 2.45) is 4.99 Å². The molecule has 0 fully saturated rings. The van der Waals surface area contributed by atoms with E-state index in [1.165, 1.54) is 32.1 Å². The summed E-state index contributed by atoms with van der Waals surface area (Å²) in [6.07, 6.45) is 9.17. The Bertz CT molecular complexity index is 423. The van der Waals surface area contributed by atoms with Crippen LogP contribution in [0.5, 0.6) is 5.75 Å². The average molecular weight is 273 g/mol. The number of amidine groups is 1. The van der Waals surface area contributed by atoms with Gasteiger partial charge in [0.1, 0.15) is 5.75 Å². The first-order valence-electron chi connectivity index (χ1n) is 7.29.